The molecule has 1 amide bonds. The van der Waals surface area contributed by atoms with Crippen molar-refractivity contribution >= 4 is 23.3 Å². The van der Waals surface area contributed by atoms with Crippen LogP contribution < -0.4 is 10.6 Å². The number of amides is 1. The fourth-order valence-electron chi connectivity index (χ4n) is 2.50. The minimum Gasteiger partial charge on any atom is -0.369 e. The summed E-state index contributed by atoms with van der Waals surface area (Å²) in [6.45, 7) is 3.10. The predicted octanol–water partition coefficient (Wildman–Crippen LogP) is 1.81. The Labute approximate surface area is 137 Å². The average molecular weight is 328 g/mol. The number of nitrogens with zero attached hydrogens (tertiary/aromatic N) is 4. The van der Waals surface area contributed by atoms with Gasteiger partial charge in [-0.1, -0.05) is 6.07 Å². The van der Waals surface area contributed by atoms with Crippen LogP contribution in [0.2, 0.25) is 0 Å². The number of carbonyl (C=O) groups is 1. The molecule has 1 aromatic carbocycles. The second-order valence-electron chi connectivity index (χ2n) is 5.25. The summed E-state index contributed by atoms with van der Waals surface area (Å²) in [5.74, 6) is 0.343. The van der Waals surface area contributed by atoms with Crippen LogP contribution in [0.1, 0.15) is 12.1 Å². The number of hydrogen-bond acceptors (Lipinski definition) is 5. The van der Waals surface area contributed by atoms with Crippen molar-refractivity contribution in [2.45, 2.75) is 13.3 Å². The van der Waals surface area contributed by atoms with Crippen molar-refractivity contribution in [3.8, 4) is 5.69 Å². The van der Waals surface area contributed by atoms with Gasteiger partial charge in [0.2, 0.25) is 6.41 Å². The second-order valence-corrected chi connectivity index (χ2v) is 5.25. The van der Waals surface area contributed by atoms with Gasteiger partial charge in [-0.25, -0.2) is 19.0 Å². The molecule has 0 aliphatic rings. The third kappa shape index (κ3) is 3.17. The van der Waals surface area contributed by atoms with E-state index in [1.54, 1.807) is 16.8 Å². The Morgan fingerprint density at radius 2 is 2.17 bits per heavy atom. The van der Waals surface area contributed by atoms with E-state index in [4.69, 9.17) is 0 Å². The number of hydrogen-bond donors (Lipinski definition) is 2. The number of halogens is 1. The van der Waals surface area contributed by atoms with Crippen molar-refractivity contribution in [1.82, 2.24) is 25.1 Å². The van der Waals surface area contributed by atoms with Gasteiger partial charge in [-0.2, -0.15) is 5.10 Å². The highest BCUT2D eigenvalue weighted by Gasteiger charge is 2.15. The zero-order valence-corrected chi connectivity index (χ0v) is 13.2. The maximum Gasteiger partial charge on any atom is 0.207 e. The highest BCUT2D eigenvalue weighted by Crippen LogP contribution is 2.25. The molecule has 0 atom stereocenters. The maximum absolute atomic E-state index is 13.5. The van der Waals surface area contributed by atoms with Crippen LogP contribution in [0.25, 0.3) is 16.7 Å². The molecule has 3 rings (SSSR count). The quantitative estimate of drug-likeness (QED) is 0.510. The zero-order chi connectivity index (χ0) is 16.9. The van der Waals surface area contributed by atoms with E-state index < -0.39 is 0 Å². The molecule has 0 bridgehead atoms. The largest absolute Gasteiger partial charge is 0.369 e. The molecule has 7 nitrogen and oxygen atoms in total. The van der Waals surface area contributed by atoms with Crippen molar-refractivity contribution in [2.75, 3.05) is 18.4 Å². The van der Waals surface area contributed by atoms with Gasteiger partial charge in [0.15, 0.2) is 5.65 Å². The first-order valence-electron chi connectivity index (χ1n) is 7.58. The van der Waals surface area contributed by atoms with Gasteiger partial charge in [0, 0.05) is 13.1 Å². The first-order valence-corrected chi connectivity index (χ1v) is 7.58. The lowest BCUT2D eigenvalue weighted by molar-refractivity contribution is -0.109. The number of rotatable bonds is 7. The minimum atomic E-state index is -0.330. The lowest BCUT2D eigenvalue weighted by Crippen LogP contribution is -2.16. The summed E-state index contributed by atoms with van der Waals surface area (Å²) >= 11 is 0. The number of fused-ring (bicyclic) bond motifs is 1. The van der Waals surface area contributed by atoms with Crippen LogP contribution in [0.4, 0.5) is 10.2 Å². The lowest BCUT2D eigenvalue weighted by Gasteiger charge is -2.07. The summed E-state index contributed by atoms with van der Waals surface area (Å²) in [5.41, 5.74) is 1.97. The molecule has 0 unspecified atom stereocenters. The maximum atomic E-state index is 13.5. The molecule has 124 valence electrons. The molecule has 24 heavy (non-hydrogen) atoms. The molecule has 8 heteroatoms. The highest BCUT2D eigenvalue weighted by molar-refractivity contribution is 5.90. The molecule has 0 saturated heterocycles. The molecule has 2 heterocycles. The Hall–Kier alpha value is -3.03. The molecule has 2 aromatic heterocycles. The summed E-state index contributed by atoms with van der Waals surface area (Å²) in [7, 11) is 0. The standard InChI is InChI=1S/C16H17FN6O/c1-11-14-15(19-7-3-6-18-10-24)20-9-21-16(14)23(22-11)13-5-2-4-12(17)8-13/h2,4-5,8-10H,3,6-7H2,1H3,(H,18,24)(H,19,20,21). The monoisotopic (exact) mass is 328 g/mol. The summed E-state index contributed by atoms with van der Waals surface area (Å²) in [6, 6.07) is 6.20. The van der Waals surface area contributed by atoms with Crippen LogP contribution in [0.15, 0.2) is 30.6 Å². The Balaban J connectivity index is 1.92. The van der Waals surface area contributed by atoms with Crippen LogP contribution in [0, 0.1) is 12.7 Å². The molecular formula is C16H17FN6O. The third-order valence-corrected chi connectivity index (χ3v) is 3.57. The van der Waals surface area contributed by atoms with E-state index in [9.17, 15) is 9.18 Å². The molecule has 2 N–H and O–H groups in total. The third-order valence-electron chi connectivity index (χ3n) is 3.57. The van der Waals surface area contributed by atoms with E-state index in [-0.39, 0.29) is 5.82 Å². The molecule has 0 fully saturated rings. The van der Waals surface area contributed by atoms with Crippen LogP contribution in [0.5, 0.6) is 0 Å². The van der Waals surface area contributed by atoms with E-state index in [0.29, 0.717) is 36.7 Å². The summed E-state index contributed by atoms with van der Waals surface area (Å²) in [5, 5.41) is 11.1. The van der Waals surface area contributed by atoms with Gasteiger partial charge >= 0.3 is 0 Å². The van der Waals surface area contributed by atoms with Gasteiger partial charge in [0.25, 0.3) is 0 Å². The van der Waals surface area contributed by atoms with Crippen LogP contribution in [0.3, 0.4) is 0 Å². The van der Waals surface area contributed by atoms with Gasteiger partial charge in [-0.05, 0) is 31.5 Å². The first kappa shape index (κ1) is 15.9. The van der Waals surface area contributed by atoms with Crippen molar-refractivity contribution in [2.24, 2.45) is 0 Å². The fourth-order valence-corrected chi connectivity index (χ4v) is 2.50. The lowest BCUT2D eigenvalue weighted by atomic mass is 10.3. The number of anilines is 1. The SMILES string of the molecule is Cc1nn(-c2cccc(F)c2)c2ncnc(NCCCNC=O)c12. The molecule has 0 saturated carbocycles. The predicted molar refractivity (Wildman–Crippen MR) is 88.5 cm³/mol. The van der Waals surface area contributed by atoms with E-state index in [2.05, 4.69) is 25.7 Å². The Bertz CT molecular complexity index is 863. The summed E-state index contributed by atoms with van der Waals surface area (Å²) in [6.07, 6.45) is 2.89. The van der Waals surface area contributed by atoms with Gasteiger partial charge < -0.3 is 10.6 Å². The van der Waals surface area contributed by atoms with Crippen LogP contribution in [-0.2, 0) is 4.79 Å². The number of carbonyl (C=O) groups excluding carboxylic acids is 1. The highest BCUT2D eigenvalue weighted by atomic mass is 19.1. The Kier molecular flexibility index (Phi) is 4.64. The number of aromatic nitrogens is 4. The number of benzene rings is 1. The summed E-state index contributed by atoms with van der Waals surface area (Å²) < 4.78 is 15.1. The van der Waals surface area contributed by atoms with Gasteiger partial charge in [-0.3, -0.25) is 4.79 Å². The molecule has 3 aromatic rings. The average Bonchev–Trinajstić information content (AvgIpc) is 2.93. The van der Waals surface area contributed by atoms with E-state index in [1.807, 2.05) is 6.92 Å². The molecule has 0 aliphatic heterocycles. The first-order chi connectivity index (χ1) is 11.7. The van der Waals surface area contributed by atoms with E-state index >= 15 is 0 Å². The van der Waals surface area contributed by atoms with Crippen LogP contribution >= 0.6 is 0 Å². The molecular weight excluding hydrogens is 311 g/mol. The van der Waals surface area contributed by atoms with Gasteiger partial charge in [0.1, 0.15) is 18.0 Å². The van der Waals surface area contributed by atoms with Gasteiger partial charge in [0.05, 0.1) is 16.8 Å². The number of aryl methyl sites for hydroxylation is 1. The minimum absolute atomic E-state index is 0.330. The van der Waals surface area contributed by atoms with Gasteiger partial charge in [-0.15, -0.1) is 0 Å². The smallest absolute Gasteiger partial charge is 0.207 e. The van der Waals surface area contributed by atoms with E-state index in [1.165, 1.54) is 18.5 Å². The topological polar surface area (TPSA) is 84.7 Å². The Morgan fingerprint density at radius 3 is 2.96 bits per heavy atom. The zero-order valence-electron chi connectivity index (χ0n) is 13.2. The second kappa shape index (κ2) is 7.03. The van der Waals surface area contributed by atoms with Crippen LogP contribution in [-0.4, -0.2) is 39.2 Å². The normalized spacial score (nSPS) is 10.8. The molecule has 0 aliphatic carbocycles. The number of nitrogens with one attached hydrogen (secondary N) is 2. The van der Waals surface area contributed by atoms with Crippen molar-refractivity contribution in [3.05, 3.63) is 42.1 Å². The Morgan fingerprint density at radius 1 is 1.29 bits per heavy atom. The van der Waals surface area contributed by atoms with E-state index in [0.717, 1.165) is 17.5 Å². The van der Waals surface area contributed by atoms with Crippen molar-refractivity contribution in [1.29, 1.82) is 0 Å². The fraction of sp³-hybridized carbons (Fsp3) is 0.250. The van der Waals surface area contributed by atoms with Crippen molar-refractivity contribution < 1.29 is 9.18 Å². The molecule has 0 radical (unpaired) electrons. The molecule has 0 spiro atoms. The summed E-state index contributed by atoms with van der Waals surface area (Å²) in [4.78, 5) is 18.8. The van der Waals surface area contributed by atoms with Crippen molar-refractivity contribution in [3.63, 3.8) is 0 Å².